The van der Waals surface area contributed by atoms with E-state index in [1.807, 2.05) is 0 Å². The molecular formula is C8H16N2O4P+. The van der Waals surface area contributed by atoms with Gasteiger partial charge in [0.1, 0.15) is 18.9 Å². The van der Waals surface area contributed by atoms with Gasteiger partial charge in [-0.15, -0.1) is 0 Å². The lowest BCUT2D eigenvalue weighted by atomic mass is 10.2. The summed E-state index contributed by atoms with van der Waals surface area (Å²) in [6, 6.07) is -1.76. The largest absolute Gasteiger partial charge is 0.480 e. The molecule has 86 valence electrons. The Morgan fingerprint density at radius 3 is 2.47 bits per heavy atom. The molecule has 0 heterocycles. The molecule has 0 aromatic rings. The second-order valence-electron chi connectivity index (χ2n) is 3.32. The summed E-state index contributed by atoms with van der Waals surface area (Å²) in [6.07, 6.45) is 0.662. The molecule has 7 heteroatoms. The van der Waals surface area contributed by atoms with Gasteiger partial charge >= 0.3 is 13.8 Å². The minimum atomic E-state index is -1.32. The molecule has 0 radical (unpaired) electrons. The van der Waals surface area contributed by atoms with E-state index in [1.165, 1.54) is 6.92 Å². The molecule has 0 rings (SSSR count). The smallest absolute Gasteiger partial charge is 0.335 e. The molecule has 0 aromatic carbocycles. The van der Waals surface area contributed by atoms with Crippen LogP contribution in [0.4, 0.5) is 0 Å². The van der Waals surface area contributed by atoms with Crippen LogP contribution in [-0.2, 0) is 14.2 Å². The van der Waals surface area contributed by atoms with Gasteiger partial charge < -0.3 is 16.2 Å². The minimum Gasteiger partial charge on any atom is -0.480 e. The topological polar surface area (TPSA) is 109 Å². The summed E-state index contributed by atoms with van der Waals surface area (Å²) < 4.78 is 10.8. The molecule has 4 N–H and O–H groups in total. The monoisotopic (exact) mass is 235 g/mol. The Labute approximate surface area is 89.0 Å². The number of rotatable bonds is 6. The first-order valence-corrected chi connectivity index (χ1v) is 6.40. The van der Waals surface area contributed by atoms with Gasteiger partial charge in [0.15, 0.2) is 0 Å². The Morgan fingerprint density at radius 2 is 2.07 bits per heavy atom. The second-order valence-corrected chi connectivity index (χ2v) is 5.02. The Bertz CT molecular complexity index is 269. The lowest BCUT2D eigenvalue weighted by molar-refractivity contribution is -0.141. The SMILES string of the molecule is C[C@H](NC(=O)C(N)CC[P+](C)=O)C(=O)O. The van der Waals surface area contributed by atoms with Crippen molar-refractivity contribution in [3.8, 4) is 0 Å². The Kier molecular flexibility index (Phi) is 6.05. The highest BCUT2D eigenvalue weighted by Crippen LogP contribution is 2.15. The van der Waals surface area contributed by atoms with Gasteiger partial charge in [-0.3, -0.25) is 9.59 Å². The lowest BCUT2D eigenvalue weighted by Crippen LogP contribution is -2.47. The summed E-state index contributed by atoms with van der Waals surface area (Å²) >= 11 is 0. The second kappa shape index (κ2) is 6.48. The molecule has 0 spiro atoms. The van der Waals surface area contributed by atoms with E-state index >= 15 is 0 Å². The number of carboxylic acids is 1. The van der Waals surface area contributed by atoms with Gasteiger partial charge in [-0.05, 0) is 6.92 Å². The predicted molar refractivity (Wildman–Crippen MR) is 56.2 cm³/mol. The summed E-state index contributed by atoms with van der Waals surface area (Å²) in [7, 11) is -1.32. The van der Waals surface area contributed by atoms with Gasteiger partial charge in [0.2, 0.25) is 5.91 Å². The molecule has 15 heavy (non-hydrogen) atoms. The molecule has 1 amide bonds. The van der Waals surface area contributed by atoms with Crippen molar-refractivity contribution < 1.29 is 19.3 Å². The van der Waals surface area contributed by atoms with Crippen LogP contribution in [0.3, 0.4) is 0 Å². The highest BCUT2D eigenvalue weighted by atomic mass is 31.1. The highest BCUT2D eigenvalue weighted by Gasteiger charge is 2.21. The van der Waals surface area contributed by atoms with E-state index in [1.54, 1.807) is 6.66 Å². The summed E-state index contributed by atoms with van der Waals surface area (Å²) in [5.74, 6) is -1.64. The molecule has 0 saturated heterocycles. The Hall–Kier alpha value is -1.00. The van der Waals surface area contributed by atoms with Crippen LogP contribution in [0.5, 0.6) is 0 Å². The van der Waals surface area contributed by atoms with E-state index in [-0.39, 0.29) is 0 Å². The van der Waals surface area contributed by atoms with Crippen LogP contribution in [0, 0.1) is 0 Å². The third-order valence-corrected chi connectivity index (χ3v) is 2.71. The number of carbonyl (C=O) groups is 2. The van der Waals surface area contributed by atoms with Gasteiger partial charge in [-0.1, -0.05) is 4.57 Å². The van der Waals surface area contributed by atoms with Gasteiger partial charge in [-0.25, -0.2) is 0 Å². The van der Waals surface area contributed by atoms with E-state index in [4.69, 9.17) is 10.8 Å². The Balaban J connectivity index is 3.99. The molecule has 6 nitrogen and oxygen atoms in total. The number of amides is 1. The van der Waals surface area contributed by atoms with E-state index < -0.39 is 31.8 Å². The number of carbonyl (C=O) groups excluding carboxylic acids is 1. The molecule has 0 aliphatic rings. The van der Waals surface area contributed by atoms with E-state index in [0.29, 0.717) is 12.6 Å². The zero-order valence-corrected chi connectivity index (χ0v) is 9.66. The fourth-order valence-corrected chi connectivity index (χ4v) is 1.48. The summed E-state index contributed by atoms with van der Waals surface area (Å²) in [5, 5.41) is 10.8. The summed E-state index contributed by atoms with van der Waals surface area (Å²) in [6.45, 7) is 2.91. The maximum absolute atomic E-state index is 11.3. The number of nitrogens with two attached hydrogens (primary N) is 1. The molecule has 2 unspecified atom stereocenters. The van der Waals surface area contributed by atoms with E-state index in [2.05, 4.69) is 5.32 Å². The average molecular weight is 235 g/mol. The van der Waals surface area contributed by atoms with Crippen molar-refractivity contribution in [1.29, 1.82) is 0 Å². The molecule has 0 saturated carbocycles. The quantitative estimate of drug-likeness (QED) is 0.550. The lowest BCUT2D eigenvalue weighted by Gasteiger charge is -2.12. The van der Waals surface area contributed by atoms with Crippen molar-refractivity contribution in [2.45, 2.75) is 25.4 Å². The van der Waals surface area contributed by atoms with Crippen molar-refractivity contribution in [2.75, 3.05) is 12.8 Å². The van der Waals surface area contributed by atoms with Crippen LogP contribution in [-0.4, -0.2) is 41.9 Å². The third-order valence-electron chi connectivity index (χ3n) is 1.82. The zero-order valence-electron chi connectivity index (χ0n) is 8.77. The van der Waals surface area contributed by atoms with Crippen molar-refractivity contribution in [3.63, 3.8) is 0 Å². The summed E-state index contributed by atoms with van der Waals surface area (Å²) in [5.41, 5.74) is 5.48. The standard InChI is InChI=1S/C8H15N2O4P/c1-5(8(12)13)10-7(11)6(9)3-4-15(2)14/h5-6H,3-4,9H2,1-2H3,(H-,10,11,12,13)/p+1/t5-,6?/m0/s1. The number of aliphatic carboxylic acids is 1. The predicted octanol–water partition coefficient (Wildman–Crippen LogP) is -0.250. The van der Waals surface area contributed by atoms with Crippen LogP contribution >= 0.6 is 7.80 Å². The van der Waals surface area contributed by atoms with Crippen molar-refractivity contribution in [3.05, 3.63) is 0 Å². The van der Waals surface area contributed by atoms with Crippen LogP contribution in [0.2, 0.25) is 0 Å². The van der Waals surface area contributed by atoms with E-state index in [0.717, 1.165) is 0 Å². The third kappa shape index (κ3) is 6.14. The van der Waals surface area contributed by atoms with Gasteiger partial charge in [0.25, 0.3) is 0 Å². The zero-order chi connectivity index (χ0) is 12.0. The highest BCUT2D eigenvalue weighted by molar-refractivity contribution is 7.43. The van der Waals surface area contributed by atoms with E-state index in [9.17, 15) is 14.2 Å². The normalized spacial score (nSPS) is 15.3. The molecule has 0 aliphatic carbocycles. The molecule has 0 bridgehead atoms. The maximum atomic E-state index is 11.3. The number of nitrogens with one attached hydrogen (secondary N) is 1. The van der Waals surface area contributed by atoms with Crippen molar-refractivity contribution >= 4 is 19.7 Å². The Morgan fingerprint density at radius 1 is 1.53 bits per heavy atom. The molecule has 0 aromatic heterocycles. The average Bonchev–Trinajstić information content (AvgIpc) is 2.13. The number of carboxylic acid groups (broad SMARTS) is 1. The van der Waals surface area contributed by atoms with Gasteiger partial charge in [-0.2, -0.15) is 0 Å². The molecular weight excluding hydrogens is 219 g/mol. The fraction of sp³-hybridized carbons (Fsp3) is 0.750. The van der Waals surface area contributed by atoms with Crippen LogP contribution in [0.1, 0.15) is 13.3 Å². The number of hydrogen-bond acceptors (Lipinski definition) is 4. The molecule has 0 fully saturated rings. The fourth-order valence-electron chi connectivity index (χ4n) is 0.834. The van der Waals surface area contributed by atoms with Gasteiger partial charge in [0.05, 0.1) is 6.04 Å². The van der Waals surface area contributed by atoms with Crippen LogP contribution in [0.15, 0.2) is 0 Å². The van der Waals surface area contributed by atoms with Crippen LogP contribution < -0.4 is 11.1 Å². The first kappa shape index (κ1) is 14.0. The minimum absolute atomic E-state index is 0.296. The first-order valence-electron chi connectivity index (χ1n) is 4.51. The van der Waals surface area contributed by atoms with Crippen molar-refractivity contribution in [2.24, 2.45) is 5.73 Å². The first-order chi connectivity index (χ1) is 6.84. The molecule has 3 atom stereocenters. The van der Waals surface area contributed by atoms with Gasteiger partial charge in [0, 0.05) is 6.42 Å². The molecule has 0 aliphatic heterocycles. The number of hydrogen-bond donors (Lipinski definition) is 3. The van der Waals surface area contributed by atoms with Crippen LogP contribution in [0.25, 0.3) is 0 Å². The maximum Gasteiger partial charge on any atom is 0.335 e. The van der Waals surface area contributed by atoms with Crippen molar-refractivity contribution in [1.82, 2.24) is 5.32 Å². The summed E-state index contributed by atoms with van der Waals surface area (Å²) in [4.78, 5) is 21.7.